The lowest BCUT2D eigenvalue weighted by Gasteiger charge is -2.60. The van der Waals surface area contributed by atoms with E-state index in [1.165, 1.54) is 32.2 Å². The highest BCUT2D eigenvalue weighted by Crippen LogP contribution is 2.61. The van der Waals surface area contributed by atoms with Crippen LogP contribution in [-0.4, -0.2) is 19.1 Å². The summed E-state index contributed by atoms with van der Waals surface area (Å²) in [6.07, 6.45) is 6.73. The Morgan fingerprint density at radius 2 is 2.12 bits per heavy atom. The second-order valence-corrected chi connectivity index (χ2v) is 6.90. The van der Waals surface area contributed by atoms with E-state index in [-0.39, 0.29) is 0 Å². The summed E-state index contributed by atoms with van der Waals surface area (Å²) in [5.74, 6) is 2.89. The van der Waals surface area contributed by atoms with Crippen LogP contribution < -0.4 is 11.1 Å². The lowest BCUT2D eigenvalue weighted by atomic mass is 9.45. The number of nitrogens with one attached hydrogen (secondary N) is 1. The van der Waals surface area contributed by atoms with Crippen molar-refractivity contribution in [2.75, 3.05) is 13.1 Å². The van der Waals surface area contributed by atoms with Gasteiger partial charge in [0, 0.05) is 12.6 Å². The van der Waals surface area contributed by atoms with Crippen LogP contribution in [0.15, 0.2) is 0 Å². The molecule has 3 aliphatic rings. The fraction of sp³-hybridized carbons (Fsp3) is 1.00. The normalized spacial score (nSPS) is 36.4. The fourth-order valence-corrected chi connectivity index (χ4v) is 4.13. The first-order chi connectivity index (χ1) is 8.05. The molecule has 3 fully saturated rings. The Labute approximate surface area is 107 Å². The minimum absolute atomic E-state index is 0.353. The monoisotopic (exact) mass is 238 g/mol. The predicted octanol–water partition coefficient (Wildman–Crippen LogP) is 2.78. The van der Waals surface area contributed by atoms with Crippen LogP contribution in [0.5, 0.6) is 0 Å². The van der Waals surface area contributed by atoms with E-state index in [0.717, 1.165) is 30.7 Å². The zero-order valence-corrected chi connectivity index (χ0v) is 11.8. The van der Waals surface area contributed by atoms with Crippen LogP contribution >= 0.6 is 0 Å². The van der Waals surface area contributed by atoms with E-state index in [1.807, 2.05) is 0 Å². The lowest BCUT2D eigenvalue weighted by Crippen LogP contribution is -2.54. The molecule has 0 radical (unpaired) electrons. The summed E-state index contributed by atoms with van der Waals surface area (Å²) in [5, 5.41) is 3.61. The molecule has 3 N–H and O–H groups in total. The van der Waals surface area contributed by atoms with Crippen molar-refractivity contribution in [3.8, 4) is 0 Å². The van der Waals surface area contributed by atoms with Crippen molar-refractivity contribution in [1.29, 1.82) is 0 Å². The molecule has 3 rings (SSSR count). The molecule has 0 amide bonds. The van der Waals surface area contributed by atoms with Gasteiger partial charge in [0.1, 0.15) is 0 Å². The van der Waals surface area contributed by atoms with Crippen molar-refractivity contribution < 1.29 is 0 Å². The van der Waals surface area contributed by atoms with E-state index >= 15 is 0 Å². The second-order valence-electron chi connectivity index (χ2n) is 6.90. The molecule has 2 heteroatoms. The van der Waals surface area contributed by atoms with Crippen molar-refractivity contribution in [3.63, 3.8) is 0 Å². The Bertz CT molecular complexity index is 247. The molecule has 100 valence electrons. The molecule has 0 spiro atoms. The average molecular weight is 238 g/mol. The molecule has 3 aliphatic carbocycles. The number of rotatable bonds is 6. The van der Waals surface area contributed by atoms with Crippen LogP contribution in [-0.2, 0) is 0 Å². The first-order valence-electron chi connectivity index (χ1n) is 7.52. The van der Waals surface area contributed by atoms with E-state index in [2.05, 4.69) is 26.1 Å². The molecule has 2 bridgehead atoms. The van der Waals surface area contributed by atoms with E-state index in [0.29, 0.717) is 11.5 Å². The first kappa shape index (κ1) is 13.4. The molecule has 4 atom stereocenters. The van der Waals surface area contributed by atoms with Crippen molar-refractivity contribution in [2.45, 2.75) is 58.9 Å². The molecule has 0 aromatic carbocycles. The summed E-state index contributed by atoms with van der Waals surface area (Å²) in [4.78, 5) is 0. The smallest absolute Gasteiger partial charge is 0.0165 e. The summed E-state index contributed by atoms with van der Waals surface area (Å²) in [7, 11) is 0. The van der Waals surface area contributed by atoms with Crippen LogP contribution in [0.4, 0.5) is 0 Å². The predicted molar refractivity (Wildman–Crippen MR) is 73.9 cm³/mol. The van der Waals surface area contributed by atoms with Gasteiger partial charge in [0.05, 0.1) is 0 Å². The highest BCUT2D eigenvalue weighted by molar-refractivity contribution is 5.03. The van der Waals surface area contributed by atoms with Gasteiger partial charge >= 0.3 is 0 Å². The van der Waals surface area contributed by atoms with Gasteiger partial charge in [-0.25, -0.2) is 0 Å². The Hall–Kier alpha value is -0.0800. The van der Waals surface area contributed by atoms with Crippen LogP contribution in [0, 0.1) is 23.2 Å². The quantitative estimate of drug-likeness (QED) is 0.747. The minimum Gasteiger partial charge on any atom is -0.327 e. The first-order valence-corrected chi connectivity index (χ1v) is 7.52. The molecular weight excluding hydrogens is 208 g/mol. The molecule has 0 saturated heterocycles. The fourth-order valence-electron chi connectivity index (χ4n) is 4.13. The topological polar surface area (TPSA) is 38.0 Å². The van der Waals surface area contributed by atoms with Gasteiger partial charge in [-0.05, 0) is 55.4 Å². The summed E-state index contributed by atoms with van der Waals surface area (Å²) in [6, 6.07) is 0.353. The van der Waals surface area contributed by atoms with Crippen LogP contribution in [0.2, 0.25) is 0 Å². The maximum atomic E-state index is 6.04. The Morgan fingerprint density at radius 3 is 2.71 bits per heavy atom. The summed E-state index contributed by atoms with van der Waals surface area (Å²) in [5.41, 5.74) is 6.66. The summed E-state index contributed by atoms with van der Waals surface area (Å²) >= 11 is 0. The third kappa shape index (κ3) is 2.68. The van der Waals surface area contributed by atoms with Crippen LogP contribution in [0.1, 0.15) is 52.9 Å². The summed E-state index contributed by atoms with van der Waals surface area (Å²) in [6.45, 7) is 9.35. The van der Waals surface area contributed by atoms with Crippen LogP contribution in [0.25, 0.3) is 0 Å². The van der Waals surface area contributed by atoms with Gasteiger partial charge in [-0.2, -0.15) is 0 Å². The van der Waals surface area contributed by atoms with E-state index in [1.54, 1.807) is 0 Å². The molecule has 17 heavy (non-hydrogen) atoms. The van der Waals surface area contributed by atoms with Gasteiger partial charge < -0.3 is 11.1 Å². The van der Waals surface area contributed by atoms with Crippen molar-refractivity contribution in [1.82, 2.24) is 5.32 Å². The number of hydrogen-bond donors (Lipinski definition) is 2. The zero-order chi connectivity index (χ0) is 12.5. The second kappa shape index (κ2) is 5.27. The van der Waals surface area contributed by atoms with E-state index in [4.69, 9.17) is 5.73 Å². The maximum absolute atomic E-state index is 6.04. The zero-order valence-electron chi connectivity index (χ0n) is 11.8. The van der Waals surface area contributed by atoms with Gasteiger partial charge in [-0.3, -0.25) is 0 Å². The molecule has 0 aromatic rings. The largest absolute Gasteiger partial charge is 0.327 e. The maximum Gasteiger partial charge on any atom is 0.0165 e. The Balaban J connectivity index is 1.69. The summed E-state index contributed by atoms with van der Waals surface area (Å²) < 4.78 is 0. The van der Waals surface area contributed by atoms with E-state index < -0.39 is 0 Å². The highest BCUT2D eigenvalue weighted by Gasteiger charge is 2.53. The van der Waals surface area contributed by atoms with Gasteiger partial charge in [-0.15, -0.1) is 0 Å². The van der Waals surface area contributed by atoms with Crippen molar-refractivity contribution in [2.24, 2.45) is 28.9 Å². The highest BCUT2D eigenvalue weighted by atomic mass is 14.9. The number of fused-ring (bicyclic) bond motifs is 2. The standard InChI is InChI=1S/C15H30N2/c1-4-5-13(16)10-17-9-11-6-7-12-8-14(11)15(12,2)3/h11-14,17H,4-10,16H2,1-3H3. The molecule has 3 saturated carbocycles. The average Bonchev–Trinajstić information content (AvgIpc) is 2.29. The third-order valence-electron chi connectivity index (χ3n) is 5.47. The Kier molecular flexibility index (Phi) is 4.14. The van der Waals surface area contributed by atoms with Crippen molar-refractivity contribution in [3.05, 3.63) is 0 Å². The van der Waals surface area contributed by atoms with Gasteiger partial charge in [0.2, 0.25) is 0 Å². The molecule has 4 unspecified atom stereocenters. The van der Waals surface area contributed by atoms with Gasteiger partial charge in [-0.1, -0.05) is 27.2 Å². The number of hydrogen-bond acceptors (Lipinski definition) is 2. The number of nitrogens with two attached hydrogens (primary N) is 1. The molecule has 0 aliphatic heterocycles. The van der Waals surface area contributed by atoms with Crippen LogP contribution in [0.3, 0.4) is 0 Å². The SMILES string of the molecule is CCCC(N)CNCC1CCC2CC1C2(C)C. The third-order valence-corrected chi connectivity index (χ3v) is 5.47. The van der Waals surface area contributed by atoms with E-state index in [9.17, 15) is 0 Å². The molecular formula is C15H30N2. The van der Waals surface area contributed by atoms with Gasteiger partial charge in [0.25, 0.3) is 0 Å². The molecule has 2 nitrogen and oxygen atoms in total. The van der Waals surface area contributed by atoms with Crippen molar-refractivity contribution >= 4 is 0 Å². The molecule has 0 heterocycles. The molecule has 0 aromatic heterocycles. The minimum atomic E-state index is 0.353. The lowest BCUT2D eigenvalue weighted by molar-refractivity contribution is -0.103. The Morgan fingerprint density at radius 1 is 1.35 bits per heavy atom. The van der Waals surface area contributed by atoms with Gasteiger partial charge in [0.15, 0.2) is 0 Å².